The fourth-order valence-corrected chi connectivity index (χ4v) is 3.64. The normalized spacial score (nSPS) is 11.5. The quantitative estimate of drug-likeness (QED) is 0.557. The van der Waals surface area contributed by atoms with E-state index in [4.69, 9.17) is 0 Å². The van der Waals surface area contributed by atoms with Crippen LogP contribution in [-0.4, -0.2) is 33.3 Å². The molecule has 0 unspecified atom stereocenters. The third kappa shape index (κ3) is 5.40. The molecule has 0 fully saturated rings. The van der Waals surface area contributed by atoms with Crippen LogP contribution in [0, 0.1) is 13.8 Å². The van der Waals surface area contributed by atoms with Gasteiger partial charge in [0.15, 0.2) is 0 Å². The lowest BCUT2D eigenvalue weighted by Crippen LogP contribution is -2.39. The number of benzene rings is 2. The van der Waals surface area contributed by atoms with E-state index in [-0.39, 0.29) is 6.54 Å². The second-order valence-electron chi connectivity index (χ2n) is 5.84. The summed E-state index contributed by atoms with van der Waals surface area (Å²) < 4.78 is 26.3. The molecule has 1 amide bonds. The fourth-order valence-electron chi connectivity index (χ4n) is 2.32. The first kappa shape index (κ1) is 20.1. The van der Waals surface area contributed by atoms with E-state index in [0.717, 1.165) is 31.7 Å². The molecule has 0 aliphatic rings. The van der Waals surface area contributed by atoms with Crippen LogP contribution in [0.5, 0.6) is 0 Å². The number of anilines is 1. The van der Waals surface area contributed by atoms with Crippen molar-refractivity contribution in [2.75, 3.05) is 17.1 Å². The van der Waals surface area contributed by atoms with Gasteiger partial charge in [-0.2, -0.15) is 5.10 Å². The van der Waals surface area contributed by atoms with Gasteiger partial charge in [-0.05, 0) is 48.7 Å². The van der Waals surface area contributed by atoms with Crippen molar-refractivity contribution in [1.29, 1.82) is 0 Å². The van der Waals surface area contributed by atoms with Crippen molar-refractivity contribution in [2.24, 2.45) is 5.10 Å². The minimum Gasteiger partial charge on any atom is -0.271 e. The van der Waals surface area contributed by atoms with E-state index in [0.29, 0.717) is 5.69 Å². The van der Waals surface area contributed by atoms with Gasteiger partial charge < -0.3 is 0 Å². The molecule has 138 valence electrons. The van der Waals surface area contributed by atoms with E-state index in [1.165, 1.54) is 6.21 Å². The highest BCUT2D eigenvalue weighted by Gasteiger charge is 2.22. The van der Waals surface area contributed by atoms with Gasteiger partial charge in [-0.3, -0.25) is 9.10 Å². The molecular weight excluding hydrogens is 418 g/mol. The third-order valence-electron chi connectivity index (χ3n) is 3.78. The van der Waals surface area contributed by atoms with E-state index >= 15 is 0 Å². The molecule has 0 atom stereocenters. The summed E-state index contributed by atoms with van der Waals surface area (Å²) in [4.78, 5) is 12.2. The molecule has 2 aromatic rings. The number of sulfonamides is 1. The van der Waals surface area contributed by atoms with Gasteiger partial charge in [0.2, 0.25) is 10.0 Å². The average molecular weight is 438 g/mol. The molecule has 0 aliphatic heterocycles. The molecule has 2 rings (SSSR count). The lowest BCUT2D eigenvalue weighted by Gasteiger charge is -2.23. The number of nitrogens with one attached hydrogen (secondary N) is 1. The predicted octanol–water partition coefficient (Wildman–Crippen LogP) is 2.98. The van der Waals surface area contributed by atoms with Crippen molar-refractivity contribution in [3.63, 3.8) is 0 Å². The molecule has 8 heteroatoms. The largest absolute Gasteiger partial charge is 0.271 e. The second-order valence-corrected chi connectivity index (χ2v) is 8.66. The molecule has 0 spiro atoms. The van der Waals surface area contributed by atoms with Crippen molar-refractivity contribution in [1.82, 2.24) is 5.43 Å². The number of hydrogen-bond donors (Lipinski definition) is 1. The highest BCUT2D eigenvalue weighted by molar-refractivity contribution is 9.10. The summed E-state index contributed by atoms with van der Waals surface area (Å²) in [6.07, 6.45) is 2.57. The van der Waals surface area contributed by atoms with Crippen LogP contribution in [0.25, 0.3) is 0 Å². The maximum absolute atomic E-state index is 12.2. The summed E-state index contributed by atoms with van der Waals surface area (Å²) in [6.45, 7) is 3.37. The Bertz CT molecular complexity index is 942. The first-order valence-electron chi connectivity index (χ1n) is 7.80. The Morgan fingerprint density at radius 2 is 1.92 bits per heavy atom. The summed E-state index contributed by atoms with van der Waals surface area (Å²) in [5.74, 6) is -0.525. The molecule has 0 heterocycles. The van der Waals surface area contributed by atoms with Crippen LogP contribution < -0.4 is 9.73 Å². The van der Waals surface area contributed by atoms with Gasteiger partial charge in [-0.15, -0.1) is 0 Å². The van der Waals surface area contributed by atoms with Gasteiger partial charge in [0.25, 0.3) is 5.91 Å². The Morgan fingerprint density at radius 3 is 2.58 bits per heavy atom. The van der Waals surface area contributed by atoms with Gasteiger partial charge >= 0.3 is 0 Å². The summed E-state index contributed by atoms with van der Waals surface area (Å²) in [5.41, 5.74) is 5.41. The van der Waals surface area contributed by atoms with Crippen LogP contribution in [0.4, 0.5) is 5.69 Å². The van der Waals surface area contributed by atoms with Gasteiger partial charge in [-0.25, -0.2) is 13.8 Å². The molecule has 1 N–H and O–H groups in total. The summed E-state index contributed by atoms with van der Waals surface area (Å²) in [6, 6.07) is 12.7. The number of hydrazone groups is 1. The molecule has 0 bridgehead atoms. The van der Waals surface area contributed by atoms with E-state index in [1.807, 2.05) is 44.2 Å². The minimum absolute atomic E-state index is 0.348. The first-order chi connectivity index (χ1) is 12.2. The van der Waals surface area contributed by atoms with E-state index in [2.05, 4.69) is 26.5 Å². The molecule has 0 aromatic heterocycles. The zero-order chi connectivity index (χ0) is 19.3. The lowest BCUT2D eigenvalue weighted by atomic mass is 10.1. The van der Waals surface area contributed by atoms with E-state index < -0.39 is 15.9 Å². The first-order valence-corrected chi connectivity index (χ1v) is 10.4. The van der Waals surface area contributed by atoms with E-state index in [1.54, 1.807) is 12.1 Å². The van der Waals surface area contributed by atoms with Gasteiger partial charge in [0.05, 0.1) is 18.2 Å². The molecule has 0 aliphatic carbocycles. The zero-order valence-electron chi connectivity index (χ0n) is 14.7. The number of rotatable bonds is 6. The Balaban J connectivity index is 2.14. The average Bonchev–Trinajstić information content (AvgIpc) is 2.55. The maximum atomic E-state index is 12.2. The summed E-state index contributed by atoms with van der Waals surface area (Å²) in [5, 5.41) is 3.88. The fraction of sp³-hybridized carbons (Fsp3) is 0.222. The van der Waals surface area contributed by atoms with Crippen molar-refractivity contribution in [3.05, 3.63) is 63.6 Å². The number of halogens is 1. The van der Waals surface area contributed by atoms with E-state index in [9.17, 15) is 13.2 Å². The van der Waals surface area contributed by atoms with Crippen molar-refractivity contribution in [2.45, 2.75) is 13.8 Å². The third-order valence-corrected chi connectivity index (χ3v) is 5.40. The molecule has 0 saturated heterocycles. The topological polar surface area (TPSA) is 78.8 Å². The molecule has 2 aromatic carbocycles. The maximum Gasteiger partial charge on any atom is 0.260 e. The monoisotopic (exact) mass is 437 g/mol. The van der Waals surface area contributed by atoms with Crippen molar-refractivity contribution >= 4 is 43.8 Å². The number of amides is 1. The number of nitrogens with zero attached hydrogens (tertiary/aromatic N) is 2. The predicted molar refractivity (Wildman–Crippen MR) is 108 cm³/mol. The molecule has 0 radical (unpaired) electrons. The summed E-state index contributed by atoms with van der Waals surface area (Å²) >= 11 is 3.35. The number of carbonyl (C=O) groups excluding carboxylic acids is 1. The van der Waals surface area contributed by atoms with Crippen LogP contribution in [0.2, 0.25) is 0 Å². The second kappa shape index (κ2) is 8.46. The van der Waals surface area contributed by atoms with Gasteiger partial charge in [0, 0.05) is 4.47 Å². The number of aryl methyl sites for hydroxylation is 1. The Morgan fingerprint density at radius 1 is 1.23 bits per heavy atom. The van der Waals surface area contributed by atoms with Crippen LogP contribution in [0.1, 0.15) is 16.7 Å². The van der Waals surface area contributed by atoms with Crippen LogP contribution in [0.3, 0.4) is 0 Å². The summed E-state index contributed by atoms with van der Waals surface area (Å²) in [7, 11) is -3.62. The highest BCUT2D eigenvalue weighted by Crippen LogP contribution is 2.24. The molecule has 26 heavy (non-hydrogen) atoms. The van der Waals surface area contributed by atoms with Crippen LogP contribution in [0.15, 0.2) is 52.0 Å². The molecular formula is C18H20BrN3O3S. The molecule has 6 nitrogen and oxygen atoms in total. The lowest BCUT2D eigenvalue weighted by molar-refractivity contribution is -0.119. The Hall–Kier alpha value is -2.19. The zero-order valence-corrected chi connectivity index (χ0v) is 17.1. The smallest absolute Gasteiger partial charge is 0.260 e. The Labute approximate surface area is 162 Å². The molecule has 0 saturated carbocycles. The highest BCUT2D eigenvalue weighted by atomic mass is 79.9. The SMILES string of the molecule is Cc1cccc(N(CC(=O)N/N=C\c2cccc(Br)c2)S(C)(=O)=O)c1C. The minimum atomic E-state index is -3.62. The van der Waals surface area contributed by atoms with Crippen LogP contribution >= 0.6 is 15.9 Å². The van der Waals surface area contributed by atoms with Crippen molar-refractivity contribution < 1.29 is 13.2 Å². The van der Waals surface area contributed by atoms with Gasteiger partial charge in [-0.1, -0.05) is 40.2 Å². The van der Waals surface area contributed by atoms with Gasteiger partial charge in [0.1, 0.15) is 6.54 Å². The standard InChI is InChI=1S/C18H20BrN3O3S/c1-13-6-4-9-17(14(13)2)22(26(3,24)25)12-18(23)21-20-11-15-7-5-8-16(19)10-15/h4-11H,12H2,1-3H3,(H,21,23)/b20-11-. The van der Waals surface area contributed by atoms with Crippen molar-refractivity contribution in [3.8, 4) is 0 Å². The Kier molecular flexibility index (Phi) is 6.55. The number of carbonyl (C=O) groups is 1. The van der Waals surface area contributed by atoms with Crippen LogP contribution in [-0.2, 0) is 14.8 Å². The number of hydrogen-bond acceptors (Lipinski definition) is 4.